The maximum Gasteiger partial charge on any atom is 0.261 e. The Bertz CT molecular complexity index is 554. The molecule has 0 heterocycles. The Morgan fingerprint density at radius 3 is 2.57 bits per heavy atom. The van der Waals surface area contributed by atoms with Gasteiger partial charge in [0.25, 0.3) is 5.17 Å². The molecule has 0 unspecified atom stereocenters. The molecule has 2 nitrogen and oxygen atoms in total. The number of hydrogen-bond acceptors (Lipinski definition) is 2. The molecule has 1 aromatic rings. The Morgan fingerprint density at radius 2 is 1.96 bits per heavy atom. The van der Waals surface area contributed by atoms with Crippen molar-refractivity contribution in [2.24, 2.45) is 11.3 Å². The van der Waals surface area contributed by atoms with Crippen LogP contribution < -0.4 is 5.32 Å². The normalized spacial score (nSPS) is 29.8. The summed E-state index contributed by atoms with van der Waals surface area (Å²) in [5, 5.41) is 3.73. The molecule has 3 rings (SSSR count). The smallest absolute Gasteiger partial charge is 0.261 e. The highest BCUT2D eigenvalue weighted by atomic mass is 79.9. The van der Waals surface area contributed by atoms with Crippen LogP contribution in [0.25, 0.3) is 0 Å². The lowest BCUT2D eigenvalue weighted by Crippen LogP contribution is -2.50. The van der Waals surface area contributed by atoms with Crippen molar-refractivity contribution in [1.29, 1.82) is 0 Å². The molecule has 0 aliphatic heterocycles. The summed E-state index contributed by atoms with van der Waals surface area (Å²) in [5.74, 6) is 0.942. The molecular weight excluding hydrogens is 370 g/mol. The first-order chi connectivity index (χ1) is 11.1. The van der Waals surface area contributed by atoms with Crippen LogP contribution in [0.2, 0.25) is 0 Å². The van der Waals surface area contributed by atoms with Crippen LogP contribution in [0.4, 0.5) is 5.69 Å². The molecule has 0 amide bonds. The van der Waals surface area contributed by atoms with Gasteiger partial charge in [0.1, 0.15) is 6.10 Å². The molecule has 2 aliphatic rings. The van der Waals surface area contributed by atoms with Crippen LogP contribution in [0, 0.1) is 11.3 Å². The van der Waals surface area contributed by atoms with Gasteiger partial charge < -0.3 is 10.1 Å². The van der Waals surface area contributed by atoms with E-state index in [4.69, 9.17) is 17.0 Å². The molecule has 126 valence electrons. The molecule has 4 heteroatoms. The Kier molecular flexibility index (Phi) is 5.63. The average Bonchev–Trinajstić information content (AvgIpc) is 2.55. The third-order valence-corrected chi connectivity index (χ3v) is 6.63. The van der Waals surface area contributed by atoms with Gasteiger partial charge in [0.15, 0.2) is 0 Å². The number of ether oxygens (including phenoxy) is 1. The number of halogens is 1. The van der Waals surface area contributed by atoms with Crippen molar-refractivity contribution >= 4 is 39.0 Å². The molecule has 1 aromatic carbocycles. The van der Waals surface area contributed by atoms with E-state index in [9.17, 15) is 0 Å². The molecule has 1 atom stereocenters. The van der Waals surface area contributed by atoms with Crippen molar-refractivity contribution in [3.63, 3.8) is 0 Å². The van der Waals surface area contributed by atoms with Crippen LogP contribution in [0.5, 0.6) is 0 Å². The van der Waals surface area contributed by atoms with Crippen LogP contribution in [0.15, 0.2) is 28.7 Å². The third kappa shape index (κ3) is 3.90. The lowest BCUT2D eigenvalue weighted by Gasteiger charge is -2.52. The van der Waals surface area contributed by atoms with Crippen molar-refractivity contribution in [3.05, 3.63) is 28.7 Å². The number of thiocarbonyl (C=S) groups is 1. The molecule has 2 saturated carbocycles. The second kappa shape index (κ2) is 7.52. The van der Waals surface area contributed by atoms with Gasteiger partial charge in [-0.15, -0.1) is 0 Å². The number of para-hydroxylation sites is 1. The summed E-state index contributed by atoms with van der Waals surface area (Å²) in [6.07, 6.45) is 10.9. The summed E-state index contributed by atoms with van der Waals surface area (Å²) in [7, 11) is 0. The van der Waals surface area contributed by atoms with Gasteiger partial charge >= 0.3 is 0 Å². The molecule has 0 saturated heterocycles. The van der Waals surface area contributed by atoms with E-state index in [-0.39, 0.29) is 0 Å². The predicted molar refractivity (Wildman–Crippen MR) is 104 cm³/mol. The van der Waals surface area contributed by atoms with E-state index in [2.05, 4.69) is 28.2 Å². The minimum Gasteiger partial charge on any atom is -0.467 e. The van der Waals surface area contributed by atoms with Crippen LogP contribution in [-0.4, -0.2) is 11.3 Å². The van der Waals surface area contributed by atoms with E-state index in [0.717, 1.165) is 22.5 Å². The summed E-state index contributed by atoms with van der Waals surface area (Å²) < 4.78 is 7.14. The largest absolute Gasteiger partial charge is 0.467 e. The van der Waals surface area contributed by atoms with E-state index >= 15 is 0 Å². The molecule has 1 spiro atoms. The zero-order valence-corrected chi connectivity index (χ0v) is 16.2. The Labute approximate surface area is 153 Å². The van der Waals surface area contributed by atoms with Gasteiger partial charge in [0.2, 0.25) is 0 Å². The first-order valence-corrected chi connectivity index (χ1v) is 10.1. The fraction of sp³-hybridized carbons (Fsp3) is 0.632. The quantitative estimate of drug-likeness (QED) is 0.604. The molecule has 23 heavy (non-hydrogen) atoms. The number of rotatable bonds is 4. The number of nitrogens with one attached hydrogen (secondary N) is 1. The summed E-state index contributed by atoms with van der Waals surface area (Å²) in [6, 6.07) is 8.00. The second-order valence-corrected chi connectivity index (χ2v) is 8.36. The van der Waals surface area contributed by atoms with Gasteiger partial charge in [0, 0.05) is 9.89 Å². The minimum atomic E-state index is 0.313. The fourth-order valence-corrected chi connectivity index (χ4v) is 4.82. The van der Waals surface area contributed by atoms with Gasteiger partial charge in [0.05, 0.1) is 5.69 Å². The fourth-order valence-electron chi connectivity index (χ4n) is 4.21. The van der Waals surface area contributed by atoms with Crippen LogP contribution in [0.3, 0.4) is 0 Å². The Balaban J connectivity index is 1.53. The van der Waals surface area contributed by atoms with Crippen molar-refractivity contribution < 1.29 is 4.74 Å². The molecule has 1 N–H and O–H groups in total. The van der Waals surface area contributed by atoms with Gasteiger partial charge in [-0.05, 0) is 84.7 Å². The standard InChI is InChI=1S/C19H26BrNOS/c1-2-5-14-8-11-19(12-9-14)13-10-17(19)22-18(23)21-16-7-4-3-6-15(16)20/h3-4,6-7,14,17H,2,5,8-13H2,1H3,(H,21,23)/t14?,17-,19?/m0/s1. The lowest BCUT2D eigenvalue weighted by molar-refractivity contribution is -0.0843. The summed E-state index contributed by atoms with van der Waals surface area (Å²) in [5.41, 5.74) is 1.38. The molecule has 0 aromatic heterocycles. The minimum absolute atomic E-state index is 0.313. The van der Waals surface area contributed by atoms with Crippen LogP contribution in [-0.2, 0) is 4.74 Å². The summed E-state index contributed by atoms with van der Waals surface area (Å²) in [6.45, 7) is 2.30. The van der Waals surface area contributed by atoms with Gasteiger partial charge in [-0.3, -0.25) is 0 Å². The SMILES string of the molecule is CCCC1CCC2(CC1)CC[C@@H]2OC(=S)Nc1ccccc1Br. The van der Waals surface area contributed by atoms with E-state index in [1.165, 1.54) is 44.9 Å². The zero-order valence-electron chi connectivity index (χ0n) is 13.8. The Morgan fingerprint density at radius 1 is 1.26 bits per heavy atom. The van der Waals surface area contributed by atoms with E-state index in [0.29, 0.717) is 16.7 Å². The maximum atomic E-state index is 6.13. The van der Waals surface area contributed by atoms with Crippen LogP contribution >= 0.6 is 28.1 Å². The monoisotopic (exact) mass is 395 g/mol. The molecule has 0 bridgehead atoms. The maximum absolute atomic E-state index is 6.13. The molecule has 0 radical (unpaired) electrons. The second-order valence-electron chi connectivity index (χ2n) is 7.13. The van der Waals surface area contributed by atoms with E-state index < -0.39 is 0 Å². The number of hydrogen-bond donors (Lipinski definition) is 1. The lowest BCUT2D eigenvalue weighted by atomic mass is 9.57. The topological polar surface area (TPSA) is 21.3 Å². The summed E-state index contributed by atoms with van der Waals surface area (Å²) >= 11 is 8.97. The van der Waals surface area contributed by atoms with Gasteiger partial charge in [-0.25, -0.2) is 0 Å². The highest BCUT2D eigenvalue weighted by molar-refractivity contribution is 9.10. The molecule has 2 aliphatic carbocycles. The number of anilines is 1. The molecule has 2 fully saturated rings. The first kappa shape index (κ1) is 17.2. The third-order valence-electron chi connectivity index (χ3n) is 5.75. The predicted octanol–water partition coefficient (Wildman–Crippen LogP) is 6.30. The van der Waals surface area contributed by atoms with Gasteiger partial charge in [-0.1, -0.05) is 31.9 Å². The zero-order chi connectivity index (χ0) is 16.3. The van der Waals surface area contributed by atoms with Crippen molar-refractivity contribution in [3.8, 4) is 0 Å². The highest BCUT2D eigenvalue weighted by Gasteiger charge is 2.50. The van der Waals surface area contributed by atoms with E-state index in [1.807, 2.05) is 24.3 Å². The molecular formula is C19H26BrNOS. The Hall–Kier alpha value is -0.610. The van der Waals surface area contributed by atoms with E-state index in [1.54, 1.807) is 0 Å². The van der Waals surface area contributed by atoms with Crippen molar-refractivity contribution in [2.75, 3.05) is 5.32 Å². The average molecular weight is 396 g/mol. The van der Waals surface area contributed by atoms with Crippen LogP contribution in [0.1, 0.15) is 58.3 Å². The van der Waals surface area contributed by atoms with Crippen molar-refractivity contribution in [2.45, 2.75) is 64.4 Å². The summed E-state index contributed by atoms with van der Waals surface area (Å²) in [4.78, 5) is 0. The van der Waals surface area contributed by atoms with Crippen molar-refractivity contribution in [1.82, 2.24) is 0 Å². The van der Waals surface area contributed by atoms with Gasteiger partial charge in [-0.2, -0.15) is 0 Å². The first-order valence-electron chi connectivity index (χ1n) is 8.85. The number of benzene rings is 1. The highest BCUT2D eigenvalue weighted by Crippen LogP contribution is 2.54.